The first-order valence-electron chi connectivity index (χ1n) is 4.50. The molecule has 2 nitrogen and oxygen atoms in total. The Hall–Kier alpha value is -0.250. The number of oxime groups is 1. The fourth-order valence-electron chi connectivity index (χ4n) is 2.14. The van der Waals surface area contributed by atoms with E-state index in [1.807, 2.05) is 6.07 Å². The minimum Gasteiger partial charge on any atom is -0.383 e. The quantitative estimate of drug-likeness (QED) is 0.713. The van der Waals surface area contributed by atoms with Crippen LogP contribution in [-0.4, -0.2) is 4.62 Å². The van der Waals surface area contributed by atoms with Crippen molar-refractivity contribution in [1.29, 1.82) is 0 Å². The average Bonchev–Trinajstić information content (AvgIpc) is 2.54. The molecule has 1 heterocycles. The third kappa shape index (κ3) is 1.33. The van der Waals surface area contributed by atoms with Gasteiger partial charge in [-0.25, -0.2) is 0 Å². The van der Waals surface area contributed by atoms with Gasteiger partial charge in [-0.1, -0.05) is 28.4 Å². The van der Waals surface area contributed by atoms with Crippen molar-refractivity contribution in [3.05, 3.63) is 33.3 Å². The Morgan fingerprint density at radius 3 is 2.80 bits per heavy atom. The van der Waals surface area contributed by atoms with Crippen LogP contribution < -0.4 is 0 Å². The van der Waals surface area contributed by atoms with Crippen LogP contribution in [0.2, 0.25) is 10.0 Å². The van der Waals surface area contributed by atoms with Crippen molar-refractivity contribution in [2.24, 2.45) is 5.16 Å². The van der Waals surface area contributed by atoms with Gasteiger partial charge in [-0.05, 0) is 33.6 Å². The summed E-state index contributed by atoms with van der Waals surface area (Å²) in [6.07, 6.45) is 1.56. The van der Waals surface area contributed by atoms with Crippen LogP contribution in [0.1, 0.15) is 17.5 Å². The van der Waals surface area contributed by atoms with Gasteiger partial charge in [0.15, 0.2) is 5.60 Å². The zero-order valence-electron chi connectivity index (χ0n) is 7.56. The fourth-order valence-corrected chi connectivity index (χ4v) is 3.23. The molecule has 1 spiro atoms. The zero-order valence-corrected chi connectivity index (χ0v) is 10.7. The predicted molar refractivity (Wildman–Crippen MR) is 63.9 cm³/mol. The first kappa shape index (κ1) is 9.94. The third-order valence-corrected chi connectivity index (χ3v) is 3.84. The van der Waals surface area contributed by atoms with E-state index in [0.29, 0.717) is 5.02 Å². The maximum Gasteiger partial charge on any atom is 0.173 e. The lowest BCUT2D eigenvalue weighted by atomic mass is 9.72. The summed E-state index contributed by atoms with van der Waals surface area (Å²) in [4.78, 5) is 5.45. The molecule has 0 aromatic heterocycles. The van der Waals surface area contributed by atoms with Crippen LogP contribution in [0, 0.1) is 0 Å². The lowest BCUT2D eigenvalue weighted by molar-refractivity contribution is -0.0418. The van der Waals surface area contributed by atoms with Crippen LogP contribution in [0.25, 0.3) is 0 Å². The van der Waals surface area contributed by atoms with Crippen molar-refractivity contribution >= 4 is 43.8 Å². The number of hydrogen-bond donors (Lipinski definition) is 0. The third-order valence-electron chi connectivity index (χ3n) is 2.86. The van der Waals surface area contributed by atoms with Gasteiger partial charge in [0.05, 0.1) is 0 Å². The molecule has 15 heavy (non-hydrogen) atoms. The summed E-state index contributed by atoms with van der Waals surface area (Å²) in [5, 5.41) is 5.28. The van der Waals surface area contributed by atoms with Gasteiger partial charge in [-0.2, -0.15) is 0 Å². The molecule has 0 N–H and O–H groups in total. The highest BCUT2D eigenvalue weighted by molar-refractivity contribution is 9.18. The van der Waals surface area contributed by atoms with E-state index in [9.17, 15) is 0 Å². The van der Waals surface area contributed by atoms with E-state index in [1.165, 1.54) is 0 Å². The van der Waals surface area contributed by atoms with Gasteiger partial charge in [0.25, 0.3) is 0 Å². The zero-order chi connectivity index (χ0) is 10.6. The molecule has 0 bridgehead atoms. The molecule has 1 unspecified atom stereocenters. The number of fused-ring (bicyclic) bond motifs is 2. The lowest BCUT2D eigenvalue weighted by Gasteiger charge is -2.38. The van der Waals surface area contributed by atoms with Crippen LogP contribution in [0.15, 0.2) is 17.3 Å². The molecule has 1 aliphatic heterocycles. The molecule has 1 aromatic rings. The summed E-state index contributed by atoms with van der Waals surface area (Å²) in [5.41, 5.74) is 1.87. The van der Waals surface area contributed by atoms with Crippen molar-refractivity contribution in [1.82, 2.24) is 0 Å². The molecule has 78 valence electrons. The van der Waals surface area contributed by atoms with Crippen LogP contribution in [0.3, 0.4) is 0 Å². The lowest BCUT2D eigenvalue weighted by Crippen LogP contribution is -2.39. The van der Waals surface area contributed by atoms with E-state index in [-0.39, 0.29) is 5.60 Å². The normalized spacial score (nSPS) is 27.0. The summed E-state index contributed by atoms with van der Waals surface area (Å²) in [5.74, 6) is 0. The second-order valence-electron chi connectivity index (χ2n) is 3.82. The minimum atomic E-state index is -0.317. The van der Waals surface area contributed by atoms with Crippen LogP contribution in [0.4, 0.5) is 0 Å². The van der Waals surface area contributed by atoms with E-state index >= 15 is 0 Å². The van der Waals surface area contributed by atoms with Gasteiger partial charge in [0.2, 0.25) is 0 Å². The van der Waals surface area contributed by atoms with Gasteiger partial charge in [0, 0.05) is 28.5 Å². The van der Waals surface area contributed by atoms with Gasteiger partial charge >= 0.3 is 0 Å². The molecule has 3 rings (SSSR count). The molecular weight excluding hydrogens is 301 g/mol. The molecule has 0 radical (unpaired) electrons. The molecule has 1 aromatic carbocycles. The van der Waals surface area contributed by atoms with Gasteiger partial charge in [-0.3, -0.25) is 0 Å². The number of nitrogens with zero attached hydrogens (tertiary/aromatic N) is 1. The van der Waals surface area contributed by atoms with Crippen LogP contribution in [-0.2, 0) is 16.9 Å². The molecule has 0 fully saturated rings. The molecule has 0 amide bonds. The van der Waals surface area contributed by atoms with Crippen molar-refractivity contribution in [2.45, 2.75) is 18.4 Å². The number of rotatable bonds is 0. The molecule has 0 saturated heterocycles. The number of benzene rings is 1. The Morgan fingerprint density at radius 2 is 2.13 bits per heavy atom. The Kier molecular flexibility index (Phi) is 2.07. The van der Waals surface area contributed by atoms with Crippen molar-refractivity contribution in [2.75, 3.05) is 0 Å². The number of hydrogen-bond acceptors (Lipinski definition) is 2. The SMILES string of the molecule is Clc1cc(Cl)c2c(c1)C1(CC(Br)=NO1)C2. The Labute approximate surface area is 105 Å². The van der Waals surface area contributed by atoms with Gasteiger partial charge < -0.3 is 4.84 Å². The second kappa shape index (κ2) is 3.12. The standard InChI is InChI=1S/C10H6BrCl2NO/c11-9-4-10(15-14-9)3-6-7(10)1-5(12)2-8(6)13/h1-2H,3-4H2. The van der Waals surface area contributed by atoms with Crippen molar-refractivity contribution in [3.8, 4) is 0 Å². The first-order valence-corrected chi connectivity index (χ1v) is 6.05. The molecule has 5 heteroatoms. The highest BCUT2D eigenvalue weighted by Gasteiger charge is 2.50. The Bertz CT molecular complexity index is 489. The maximum atomic E-state index is 6.08. The maximum absolute atomic E-state index is 6.08. The molecule has 1 atom stereocenters. The highest BCUT2D eigenvalue weighted by atomic mass is 79.9. The monoisotopic (exact) mass is 305 g/mol. The van der Waals surface area contributed by atoms with Crippen molar-refractivity contribution < 1.29 is 4.84 Å². The van der Waals surface area contributed by atoms with E-state index in [1.54, 1.807) is 6.07 Å². The summed E-state index contributed by atoms with van der Waals surface area (Å²) in [6.45, 7) is 0. The first-order chi connectivity index (χ1) is 7.11. The Balaban J connectivity index is 2.07. The van der Waals surface area contributed by atoms with Gasteiger partial charge in [0.1, 0.15) is 4.62 Å². The fraction of sp³-hybridized carbons (Fsp3) is 0.300. The molecule has 1 aliphatic carbocycles. The minimum absolute atomic E-state index is 0.317. The van der Waals surface area contributed by atoms with E-state index in [0.717, 1.165) is 33.6 Å². The Morgan fingerprint density at radius 1 is 1.33 bits per heavy atom. The predicted octanol–water partition coefficient (Wildman–Crippen LogP) is 3.87. The van der Waals surface area contributed by atoms with Crippen molar-refractivity contribution in [3.63, 3.8) is 0 Å². The van der Waals surface area contributed by atoms with Crippen LogP contribution >= 0.6 is 39.1 Å². The molecular formula is C10H6BrCl2NO. The average molecular weight is 307 g/mol. The molecule has 2 aliphatic rings. The summed E-state index contributed by atoms with van der Waals surface area (Å²) >= 11 is 15.4. The topological polar surface area (TPSA) is 21.6 Å². The summed E-state index contributed by atoms with van der Waals surface area (Å²) in [7, 11) is 0. The smallest absolute Gasteiger partial charge is 0.173 e. The highest BCUT2D eigenvalue weighted by Crippen LogP contribution is 2.51. The van der Waals surface area contributed by atoms with Crippen LogP contribution in [0.5, 0.6) is 0 Å². The van der Waals surface area contributed by atoms with E-state index < -0.39 is 0 Å². The largest absolute Gasteiger partial charge is 0.383 e. The van der Waals surface area contributed by atoms with Gasteiger partial charge in [-0.15, -0.1) is 0 Å². The second-order valence-corrected chi connectivity index (χ2v) is 5.58. The summed E-state index contributed by atoms with van der Waals surface area (Å²) in [6, 6.07) is 3.67. The van der Waals surface area contributed by atoms with E-state index in [2.05, 4.69) is 21.1 Å². The molecule has 0 saturated carbocycles. The number of halogens is 3. The van der Waals surface area contributed by atoms with E-state index in [4.69, 9.17) is 28.0 Å². The summed E-state index contributed by atoms with van der Waals surface area (Å²) < 4.78 is 0.837.